The standard InChI is InChI=1S/C20H30N7O8P/c1-20(2)34-13-11(8-32-36(30,31-4)25-17(28)10-6-5-7-26(10)3)33-18(14(13)35-20)27-16-12(24-19(27)29)15(21)22-9-23-16/h9-11,13-14,18H,5-8H2,1-4H3,(H,24,29)(H2,21,22,23)(H,25,28,30)/t10-,11+,13+,14+,18+,36?/m0/s1. The van der Waals surface area contributed by atoms with Crippen LogP contribution < -0.4 is 16.5 Å². The fraction of sp³-hybridized carbons (Fsp3) is 0.700. The smallest absolute Gasteiger partial charge is 0.382 e. The zero-order chi connectivity index (χ0) is 25.8. The van der Waals surface area contributed by atoms with Gasteiger partial charge in [-0.25, -0.2) is 23.9 Å². The van der Waals surface area contributed by atoms with E-state index >= 15 is 0 Å². The second kappa shape index (κ2) is 9.17. The summed E-state index contributed by atoms with van der Waals surface area (Å²) in [5.41, 5.74) is 5.87. The predicted octanol–water partition coefficient (Wildman–Crippen LogP) is 0.101. The number of H-pyrrole nitrogens is 1. The summed E-state index contributed by atoms with van der Waals surface area (Å²) in [6.07, 6.45) is -0.407. The van der Waals surface area contributed by atoms with Crippen LogP contribution >= 0.6 is 7.75 Å². The van der Waals surface area contributed by atoms with Crippen molar-refractivity contribution in [2.24, 2.45) is 0 Å². The molecule has 3 aliphatic rings. The molecule has 6 atom stereocenters. The number of likely N-dealkylation sites (N-methyl/N-ethyl adjacent to an activating group) is 1. The first-order valence-electron chi connectivity index (χ1n) is 11.6. The predicted molar refractivity (Wildman–Crippen MR) is 125 cm³/mol. The molecule has 0 saturated carbocycles. The molecule has 0 aliphatic carbocycles. The molecule has 16 heteroatoms. The Morgan fingerprint density at radius 3 is 2.81 bits per heavy atom. The van der Waals surface area contributed by atoms with Gasteiger partial charge < -0.3 is 24.9 Å². The molecule has 4 N–H and O–H groups in total. The molecule has 1 unspecified atom stereocenters. The number of nitrogen functional groups attached to an aromatic ring is 1. The molecule has 3 aliphatic heterocycles. The Morgan fingerprint density at radius 2 is 2.11 bits per heavy atom. The summed E-state index contributed by atoms with van der Waals surface area (Å²) in [5, 5.41) is 2.41. The van der Waals surface area contributed by atoms with Crippen LogP contribution in [0, 0.1) is 0 Å². The summed E-state index contributed by atoms with van der Waals surface area (Å²) in [6.45, 7) is 3.97. The lowest BCUT2D eigenvalue weighted by Crippen LogP contribution is -2.41. The number of nitrogens with zero attached hydrogens (tertiary/aromatic N) is 4. The monoisotopic (exact) mass is 527 g/mol. The molecule has 3 fully saturated rings. The van der Waals surface area contributed by atoms with Gasteiger partial charge in [0.1, 0.15) is 30.2 Å². The van der Waals surface area contributed by atoms with Gasteiger partial charge in [0.2, 0.25) is 5.91 Å². The van der Waals surface area contributed by atoms with Crippen molar-refractivity contribution in [3.05, 3.63) is 16.8 Å². The number of ether oxygens (including phenoxy) is 3. The highest BCUT2D eigenvalue weighted by Crippen LogP contribution is 2.47. The topological polar surface area (TPSA) is 185 Å². The molecule has 1 amide bonds. The van der Waals surface area contributed by atoms with Crippen molar-refractivity contribution in [3.63, 3.8) is 0 Å². The highest BCUT2D eigenvalue weighted by atomic mass is 31.2. The minimum atomic E-state index is -4.01. The lowest BCUT2D eigenvalue weighted by atomic mass is 10.1. The fourth-order valence-electron chi connectivity index (χ4n) is 4.95. The molecule has 15 nitrogen and oxygen atoms in total. The molecule has 0 aromatic carbocycles. The van der Waals surface area contributed by atoms with E-state index in [4.69, 9.17) is 29.0 Å². The van der Waals surface area contributed by atoms with Crippen LogP contribution in [0.5, 0.6) is 0 Å². The summed E-state index contributed by atoms with van der Waals surface area (Å²) in [4.78, 5) is 38.1. The number of nitrogens with two attached hydrogens (primary N) is 1. The minimum Gasteiger partial charge on any atom is -0.382 e. The molecular weight excluding hydrogens is 497 g/mol. The number of hydrogen-bond acceptors (Lipinski definition) is 12. The third-order valence-electron chi connectivity index (χ3n) is 6.63. The summed E-state index contributed by atoms with van der Waals surface area (Å²) in [7, 11) is -0.991. The number of aromatic amines is 1. The SMILES string of the molecule is COP(=O)(NC(=O)[C@@H]1CCCN1C)OC[C@H]1O[C@@H](n2c(=O)[nH]c3c(N)ncnc32)[C@@H]2OC(C)(C)O[C@@H]21. The first-order chi connectivity index (χ1) is 17.0. The van der Waals surface area contributed by atoms with Crippen LogP contribution in [0.25, 0.3) is 11.2 Å². The summed E-state index contributed by atoms with van der Waals surface area (Å²) in [5.74, 6) is -1.31. The molecule has 0 radical (unpaired) electrons. The Labute approximate surface area is 206 Å². The number of anilines is 1. The van der Waals surface area contributed by atoms with Gasteiger partial charge in [0, 0.05) is 7.11 Å². The number of imidazole rings is 1. The first kappa shape index (κ1) is 25.3. The lowest BCUT2D eigenvalue weighted by Gasteiger charge is -2.26. The van der Waals surface area contributed by atoms with Crippen LogP contribution in [0.15, 0.2) is 11.1 Å². The van der Waals surface area contributed by atoms with Gasteiger partial charge >= 0.3 is 13.4 Å². The first-order valence-corrected chi connectivity index (χ1v) is 13.1. The third kappa shape index (κ3) is 4.45. The van der Waals surface area contributed by atoms with E-state index in [2.05, 4.69) is 20.0 Å². The van der Waals surface area contributed by atoms with E-state index in [1.54, 1.807) is 13.8 Å². The van der Waals surface area contributed by atoms with E-state index in [9.17, 15) is 14.2 Å². The maximum Gasteiger partial charge on any atom is 0.434 e. The van der Waals surface area contributed by atoms with Crippen molar-refractivity contribution in [2.45, 2.75) is 63.1 Å². The van der Waals surface area contributed by atoms with Crippen LogP contribution in [0.3, 0.4) is 0 Å². The summed E-state index contributed by atoms with van der Waals surface area (Å²) in [6, 6.07) is -0.413. The van der Waals surface area contributed by atoms with Gasteiger partial charge in [0.25, 0.3) is 0 Å². The molecule has 198 valence electrons. The minimum absolute atomic E-state index is 0.110. The molecule has 3 saturated heterocycles. The number of rotatable bonds is 7. The Morgan fingerprint density at radius 1 is 1.36 bits per heavy atom. The van der Waals surface area contributed by atoms with Gasteiger partial charge in [-0.15, -0.1) is 0 Å². The Balaban J connectivity index is 1.36. The van der Waals surface area contributed by atoms with Gasteiger partial charge in [-0.2, -0.15) is 0 Å². The number of fused-ring (bicyclic) bond motifs is 2. The van der Waals surface area contributed by atoms with Crippen molar-refractivity contribution in [2.75, 3.05) is 33.0 Å². The van der Waals surface area contributed by atoms with Crippen LogP contribution in [0.4, 0.5) is 5.82 Å². The van der Waals surface area contributed by atoms with Crippen LogP contribution in [0.1, 0.15) is 32.9 Å². The number of amides is 1. The molecule has 36 heavy (non-hydrogen) atoms. The molecule has 5 heterocycles. The van der Waals surface area contributed by atoms with E-state index in [0.29, 0.717) is 6.42 Å². The summed E-state index contributed by atoms with van der Waals surface area (Å²) < 4.78 is 43.3. The van der Waals surface area contributed by atoms with Crippen LogP contribution in [0.2, 0.25) is 0 Å². The van der Waals surface area contributed by atoms with E-state index in [-0.39, 0.29) is 23.6 Å². The average molecular weight is 527 g/mol. The zero-order valence-corrected chi connectivity index (χ0v) is 21.3. The van der Waals surface area contributed by atoms with Crippen LogP contribution in [-0.4, -0.2) is 87.8 Å². The molecule has 2 aromatic heterocycles. The van der Waals surface area contributed by atoms with Crippen molar-refractivity contribution >= 4 is 30.6 Å². The largest absolute Gasteiger partial charge is 0.434 e. The van der Waals surface area contributed by atoms with E-state index in [1.807, 2.05) is 11.9 Å². The number of likely N-dealkylation sites (tertiary alicyclic amines) is 1. The lowest BCUT2D eigenvalue weighted by molar-refractivity contribution is -0.199. The molecule has 0 bridgehead atoms. The van der Waals surface area contributed by atoms with Gasteiger partial charge in [0.05, 0.1) is 12.6 Å². The van der Waals surface area contributed by atoms with Gasteiger partial charge in [-0.3, -0.25) is 23.8 Å². The quantitative estimate of drug-likeness (QED) is 0.413. The fourth-order valence-corrected chi connectivity index (χ4v) is 5.97. The maximum absolute atomic E-state index is 13.2. The number of carbonyl (C=O) groups is 1. The molecular formula is C20H30N7O8P. The number of carbonyl (C=O) groups excluding carboxylic acids is 1. The van der Waals surface area contributed by atoms with E-state index in [1.165, 1.54) is 18.0 Å². The second-order valence-corrected chi connectivity index (χ2v) is 11.3. The Kier molecular flexibility index (Phi) is 6.44. The van der Waals surface area contributed by atoms with Crippen molar-refractivity contribution in [1.82, 2.24) is 29.5 Å². The third-order valence-corrected chi connectivity index (χ3v) is 8.10. The van der Waals surface area contributed by atoms with Crippen LogP contribution in [-0.2, 0) is 32.6 Å². The van der Waals surface area contributed by atoms with Crippen molar-refractivity contribution in [1.29, 1.82) is 0 Å². The second-order valence-electron chi connectivity index (χ2n) is 9.48. The number of hydrogen-bond donors (Lipinski definition) is 3. The summed E-state index contributed by atoms with van der Waals surface area (Å²) >= 11 is 0. The zero-order valence-electron chi connectivity index (χ0n) is 20.4. The maximum atomic E-state index is 13.2. The highest BCUT2D eigenvalue weighted by molar-refractivity contribution is 7.52. The van der Waals surface area contributed by atoms with Crippen molar-refractivity contribution in [3.8, 4) is 0 Å². The molecule has 5 rings (SSSR count). The normalized spacial score (nSPS) is 31.5. The Bertz CT molecular complexity index is 1260. The Hall–Kier alpha value is -2.39. The molecule has 2 aromatic rings. The van der Waals surface area contributed by atoms with E-state index in [0.717, 1.165) is 13.0 Å². The molecule has 0 spiro atoms. The van der Waals surface area contributed by atoms with Gasteiger partial charge in [-0.1, -0.05) is 0 Å². The van der Waals surface area contributed by atoms with Gasteiger partial charge in [0.15, 0.2) is 23.5 Å². The van der Waals surface area contributed by atoms with E-state index < -0.39 is 55.7 Å². The number of aromatic nitrogens is 4. The average Bonchev–Trinajstić information content (AvgIpc) is 3.55. The van der Waals surface area contributed by atoms with Gasteiger partial charge in [-0.05, 0) is 40.3 Å². The highest BCUT2D eigenvalue weighted by Gasteiger charge is 2.57. The van der Waals surface area contributed by atoms with Crippen molar-refractivity contribution < 1.29 is 32.6 Å². The number of nitrogens with one attached hydrogen (secondary N) is 2.